The summed E-state index contributed by atoms with van der Waals surface area (Å²) in [5.41, 5.74) is 2.03. The van der Waals surface area contributed by atoms with Crippen molar-refractivity contribution >= 4 is 6.08 Å². The summed E-state index contributed by atoms with van der Waals surface area (Å²) in [6.07, 6.45) is 16.0. The minimum atomic E-state index is -0.341. The lowest BCUT2D eigenvalue weighted by atomic mass is 9.44. The van der Waals surface area contributed by atoms with Crippen molar-refractivity contribution < 1.29 is 10.2 Å². The van der Waals surface area contributed by atoms with Gasteiger partial charge in [0.15, 0.2) is 0 Å². The first-order valence-electron chi connectivity index (χ1n) is 13.0. The molecule has 5 rings (SSSR count). The Bertz CT molecular complexity index is 787. The molecule has 0 amide bonds. The molecule has 31 heavy (non-hydrogen) atoms. The molecule has 0 aliphatic heterocycles. The fourth-order valence-electron chi connectivity index (χ4n) is 8.89. The summed E-state index contributed by atoms with van der Waals surface area (Å²) in [7, 11) is 0. The van der Waals surface area contributed by atoms with Crippen LogP contribution in [0.4, 0.5) is 0 Å². The Morgan fingerprint density at radius 3 is 2.48 bits per heavy atom. The molecule has 4 saturated carbocycles. The van der Waals surface area contributed by atoms with Crippen LogP contribution >= 0.6 is 0 Å². The number of aliphatic hydroxyl groups excluding tert-OH is 2. The van der Waals surface area contributed by atoms with Crippen molar-refractivity contribution in [2.75, 3.05) is 0 Å². The van der Waals surface area contributed by atoms with Gasteiger partial charge in [0.2, 0.25) is 0 Å². The molecular weight excluding hydrogens is 380 g/mol. The highest BCUT2D eigenvalue weighted by Gasteiger charge is 2.60. The van der Waals surface area contributed by atoms with E-state index in [4.69, 9.17) is 0 Å². The molecule has 2 heteroatoms. The third kappa shape index (κ3) is 3.82. The Kier molecular flexibility index (Phi) is 5.84. The summed E-state index contributed by atoms with van der Waals surface area (Å²) in [6, 6.07) is 10.3. The van der Waals surface area contributed by atoms with E-state index in [1.807, 2.05) is 12.1 Å². The SMILES string of the molecule is CC12CCC3[C@@H](CCC4C[C@@H](O)CC[C@@]43C)C1CC[C@@H]2CC(O)/C=C/c1ccccc1. The van der Waals surface area contributed by atoms with Crippen LogP contribution in [0.2, 0.25) is 0 Å². The summed E-state index contributed by atoms with van der Waals surface area (Å²) >= 11 is 0. The molecule has 0 spiro atoms. The van der Waals surface area contributed by atoms with E-state index >= 15 is 0 Å². The van der Waals surface area contributed by atoms with Crippen molar-refractivity contribution in [3.05, 3.63) is 42.0 Å². The molecular formula is C29H42O2. The van der Waals surface area contributed by atoms with Gasteiger partial charge in [-0.05, 0) is 110 Å². The van der Waals surface area contributed by atoms with E-state index in [0.717, 1.165) is 42.9 Å². The Balaban J connectivity index is 1.27. The normalized spacial score (nSPS) is 45.7. The molecule has 1 aromatic carbocycles. The summed E-state index contributed by atoms with van der Waals surface area (Å²) in [5, 5.41) is 21.1. The maximum absolute atomic E-state index is 10.8. The van der Waals surface area contributed by atoms with E-state index in [1.54, 1.807) is 0 Å². The largest absolute Gasteiger partial charge is 0.393 e. The summed E-state index contributed by atoms with van der Waals surface area (Å²) < 4.78 is 0. The second-order valence-corrected chi connectivity index (χ2v) is 12.0. The van der Waals surface area contributed by atoms with E-state index < -0.39 is 0 Å². The minimum Gasteiger partial charge on any atom is -0.393 e. The molecule has 0 bridgehead atoms. The van der Waals surface area contributed by atoms with E-state index in [9.17, 15) is 10.2 Å². The predicted molar refractivity (Wildman–Crippen MR) is 127 cm³/mol. The lowest BCUT2D eigenvalue weighted by molar-refractivity contribution is -0.127. The smallest absolute Gasteiger partial charge is 0.0727 e. The Morgan fingerprint density at radius 2 is 1.68 bits per heavy atom. The first kappa shape index (κ1) is 21.7. The molecule has 4 aliphatic carbocycles. The average molecular weight is 423 g/mol. The molecule has 2 N–H and O–H groups in total. The van der Waals surface area contributed by atoms with Crippen molar-refractivity contribution in [2.24, 2.45) is 40.4 Å². The lowest BCUT2D eigenvalue weighted by Crippen LogP contribution is -2.54. The van der Waals surface area contributed by atoms with Crippen molar-refractivity contribution in [3.8, 4) is 0 Å². The third-order valence-electron chi connectivity index (χ3n) is 10.7. The number of benzene rings is 1. The number of aliphatic hydroxyl groups is 2. The number of hydrogen-bond donors (Lipinski definition) is 2. The molecule has 0 radical (unpaired) electrons. The Hall–Kier alpha value is -1.12. The fraction of sp³-hybridized carbons (Fsp3) is 0.724. The molecule has 0 heterocycles. The van der Waals surface area contributed by atoms with Gasteiger partial charge in [0.1, 0.15) is 0 Å². The van der Waals surface area contributed by atoms with Gasteiger partial charge < -0.3 is 10.2 Å². The van der Waals surface area contributed by atoms with Crippen LogP contribution in [0.25, 0.3) is 6.08 Å². The fourth-order valence-corrected chi connectivity index (χ4v) is 8.89. The van der Waals surface area contributed by atoms with Gasteiger partial charge in [-0.2, -0.15) is 0 Å². The van der Waals surface area contributed by atoms with Crippen molar-refractivity contribution in [1.29, 1.82) is 0 Å². The topological polar surface area (TPSA) is 40.5 Å². The molecule has 170 valence electrons. The van der Waals surface area contributed by atoms with E-state index in [2.05, 4.69) is 44.2 Å². The molecule has 2 nitrogen and oxygen atoms in total. The van der Waals surface area contributed by atoms with Gasteiger partial charge in [-0.3, -0.25) is 0 Å². The van der Waals surface area contributed by atoms with Gasteiger partial charge in [0.05, 0.1) is 12.2 Å². The van der Waals surface area contributed by atoms with Gasteiger partial charge >= 0.3 is 0 Å². The van der Waals surface area contributed by atoms with Gasteiger partial charge in [-0.25, -0.2) is 0 Å². The quantitative estimate of drug-likeness (QED) is 0.584. The molecule has 9 atom stereocenters. The van der Waals surface area contributed by atoms with Crippen molar-refractivity contribution in [1.82, 2.24) is 0 Å². The number of rotatable bonds is 4. The van der Waals surface area contributed by atoms with Gasteiger partial charge in [-0.15, -0.1) is 0 Å². The molecule has 5 unspecified atom stereocenters. The highest BCUT2D eigenvalue weighted by molar-refractivity contribution is 5.49. The summed E-state index contributed by atoms with van der Waals surface area (Å²) in [6.45, 7) is 5.14. The van der Waals surface area contributed by atoms with Gasteiger partial charge in [0, 0.05) is 0 Å². The zero-order valence-corrected chi connectivity index (χ0v) is 19.5. The van der Waals surface area contributed by atoms with Gasteiger partial charge in [0.25, 0.3) is 0 Å². The molecule has 1 aromatic rings. The second kappa shape index (κ2) is 8.34. The maximum Gasteiger partial charge on any atom is 0.0727 e. The third-order valence-corrected chi connectivity index (χ3v) is 10.7. The Morgan fingerprint density at radius 1 is 0.935 bits per heavy atom. The molecule has 0 saturated heterocycles. The van der Waals surface area contributed by atoms with Crippen molar-refractivity contribution in [2.45, 2.75) is 90.3 Å². The van der Waals surface area contributed by atoms with E-state index in [0.29, 0.717) is 16.7 Å². The summed E-state index contributed by atoms with van der Waals surface area (Å²) in [5.74, 6) is 3.96. The minimum absolute atomic E-state index is 0.0511. The lowest BCUT2D eigenvalue weighted by Gasteiger charge is -2.61. The second-order valence-electron chi connectivity index (χ2n) is 12.0. The number of fused-ring (bicyclic) bond motifs is 5. The zero-order valence-electron chi connectivity index (χ0n) is 19.5. The molecule has 0 aromatic heterocycles. The first-order valence-corrected chi connectivity index (χ1v) is 13.0. The highest BCUT2D eigenvalue weighted by Crippen LogP contribution is 2.67. The van der Waals surface area contributed by atoms with Gasteiger partial charge in [-0.1, -0.05) is 56.3 Å². The average Bonchev–Trinajstić information content (AvgIpc) is 3.10. The van der Waals surface area contributed by atoms with Crippen LogP contribution in [0.15, 0.2) is 36.4 Å². The monoisotopic (exact) mass is 422 g/mol. The first-order chi connectivity index (χ1) is 14.9. The van der Waals surface area contributed by atoms with Crippen molar-refractivity contribution in [3.63, 3.8) is 0 Å². The predicted octanol–water partition coefficient (Wildman–Crippen LogP) is 6.47. The van der Waals surface area contributed by atoms with E-state index in [1.165, 1.54) is 50.5 Å². The number of hydrogen-bond acceptors (Lipinski definition) is 2. The van der Waals surface area contributed by atoms with E-state index in [-0.39, 0.29) is 12.2 Å². The Labute approximate surface area is 189 Å². The highest BCUT2D eigenvalue weighted by atomic mass is 16.3. The zero-order chi connectivity index (χ0) is 21.6. The standard InChI is InChI=1S/C29H42O2/c1-28-16-14-24(31)19-21(28)9-12-25-26-13-10-22(29(26,2)17-15-27(25)28)18-23(30)11-8-20-6-4-3-5-7-20/h3-8,11,21-27,30-31H,9-10,12-19H2,1-2H3/b11-8+/t21?,22-,23?,24+,25+,26?,27?,28+,29?/m1/s1. The molecule has 4 aliphatic rings. The van der Waals surface area contributed by atoms with Crippen LogP contribution in [0.5, 0.6) is 0 Å². The van der Waals surface area contributed by atoms with Crippen LogP contribution in [0.1, 0.15) is 83.6 Å². The van der Waals surface area contributed by atoms with Crippen LogP contribution < -0.4 is 0 Å². The molecule has 4 fully saturated rings. The van der Waals surface area contributed by atoms with Crippen LogP contribution in [0.3, 0.4) is 0 Å². The maximum atomic E-state index is 10.8. The van der Waals surface area contributed by atoms with Crippen LogP contribution in [0, 0.1) is 40.4 Å². The van der Waals surface area contributed by atoms with Crippen LogP contribution in [-0.2, 0) is 0 Å². The van der Waals surface area contributed by atoms with Crippen LogP contribution in [-0.4, -0.2) is 22.4 Å². The summed E-state index contributed by atoms with van der Waals surface area (Å²) in [4.78, 5) is 0.